The molecule has 0 atom stereocenters. The molecule has 7 heteroatoms. The first-order valence-electron chi connectivity index (χ1n) is 11.0. The van der Waals surface area contributed by atoms with Gasteiger partial charge in [0, 0.05) is 17.7 Å². The number of ether oxygens (including phenoxy) is 3. The summed E-state index contributed by atoms with van der Waals surface area (Å²) in [4.78, 5) is 25.1. The number of hydrogen-bond acceptors (Lipinski definition) is 5. The molecule has 0 heterocycles. The third-order valence-electron chi connectivity index (χ3n) is 5.31. The quantitative estimate of drug-likeness (QED) is 0.444. The highest BCUT2D eigenvalue weighted by molar-refractivity contribution is 6.05. The van der Waals surface area contributed by atoms with Crippen LogP contribution in [0.1, 0.15) is 41.3 Å². The van der Waals surface area contributed by atoms with Gasteiger partial charge in [0.2, 0.25) is 0 Å². The van der Waals surface area contributed by atoms with Crippen LogP contribution in [0.2, 0.25) is 0 Å². The van der Waals surface area contributed by atoms with Crippen LogP contribution >= 0.6 is 0 Å². The fraction of sp³-hybridized carbons (Fsp3) is 0.259. The van der Waals surface area contributed by atoms with Crippen molar-refractivity contribution in [2.45, 2.75) is 26.7 Å². The summed E-state index contributed by atoms with van der Waals surface area (Å²) in [6, 6.07) is 17.8. The molecule has 0 aromatic heterocycles. The third kappa shape index (κ3) is 6.07. The number of aryl methyl sites for hydroxylation is 1. The Hall–Kier alpha value is -4.00. The number of amides is 2. The zero-order valence-electron chi connectivity index (χ0n) is 20.1. The van der Waals surface area contributed by atoms with E-state index < -0.39 is 0 Å². The average molecular weight is 463 g/mol. The fourth-order valence-electron chi connectivity index (χ4n) is 3.60. The normalized spacial score (nSPS) is 10.5. The minimum atomic E-state index is -0.355. The van der Waals surface area contributed by atoms with E-state index >= 15 is 0 Å². The maximum atomic E-state index is 12.6. The van der Waals surface area contributed by atoms with Gasteiger partial charge in [-0.2, -0.15) is 0 Å². The molecular formula is C27H30N2O5. The number of anilines is 2. The Balaban J connectivity index is 1.70. The predicted molar refractivity (Wildman–Crippen MR) is 133 cm³/mol. The van der Waals surface area contributed by atoms with Crippen LogP contribution in [0.15, 0.2) is 60.7 Å². The zero-order valence-corrected chi connectivity index (χ0v) is 20.1. The molecular weight excluding hydrogens is 432 g/mol. The summed E-state index contributed by atoms with van der Waals surface area (Å²) in [5.74, 6) is 1.15. The van der Waals surface area contributed by atoms with E-state index in [9.17, 15) is 9.59 Å². The van der Waals surface area contributed by atoms with Gasteiger partial charge in [0.05, 0.1) is 25.6 Å². The van der Waals surface area contributed by atoms with Crippen molar-refractivity contribution >= 4 is 23.2 Å². The molecule has 7 nitrogen and oxygen atoms in total. The molecule has 0 aliphatic carbocycles. The van der Waals surface area contributed by atoms with E-state index in [4.69, 9.17) is 14.2 Å². The molecule has 0 radical (unpaired) electrons. The Morgan fingerprint density at radius 3 is 2.03 bits per heavy atom. The molecule has 0 saturated carbocycles. The van der Waals surface area contributed by atoms with Crippen molar-refractivity contribution in [3.8, 4) is 17.2 Å². The summed E-state index contributed by atoms with van der Waals surface area (Å²) in [5, 5.41) is 5.60. The Labute approximate surface area is 200 Å². The van der Waals surface area contributed by atoms with Gasteiger partial charge in [0.1, 0.15) is 17.2 Å². The van der Waals surface area contributed by atoms with Gasteiger partial charge < -0.3 is 24.8 Å². The zero-order chi connectivity index (χ0) is 24.7. The standard InChI is InChI=1S/C27H30N2O5/c1-17(2)21-12-11-20(13-18(21)3)34-16-26(30)28-22-14-25(33-5)23(15-24(22)32-4)29-27(31)19-9-7-6-8-10-19/h6-15,17H,16H2,1-5H3,(H,28,30)(H,29,31). The molecule has 3 rings (SSSR count). The van der Waals surface area contributed by atoms with Gasteiger partial charge in [-0.3, -0.25) is 9.59 Å². The molecule has 178 valence electrons. The summed E-state index contributed by atoms with van der Waals surface area (Å²) in [6.45, 7) is 6.13. The molecule has 0 aliphatic heterocycles. The summed E-state index contributed by atoms with van der Waals surface area (Å²) < 4.78 is 16.5. The van der Waals surface area contributed by atoms with E-state index in [0.29, 0.717) is 40.1 Å². The van der Waals surface area contributed by atoms with Crippen molar-refractivity contribution in [2.75, 3.05) is 31.5 Å². The Kier molecular flexibility index (Phi) is 8.14. The van der Waals surface area contributed by atoms with Gasteiger partial charge in [-0.15, -0.1) is 0 Å². The van der Waals surface area contributed by atoms with Crippen LogP contribution in [0.4, 0.5) is 11.4 Å². The second-order valence-corrected chi connectivity index (χ2v) is 8.08. The summed E-state index contributed by atoms with van der Waals surface area (Å²) >= 11 is 0. The lowest BCUT2D eigenvalue weighted by atomic mass is 9.98. The Bertz CT molecular complexity index is 1160. The highest BCUT2D eigenvalue weighted by Crippen LogP contribution is 2.36. The molecule has 34 heavy (non-hydrogen) atoms. The number of carbonyl (C=O) groups excluding carboxylic acids is 2. The van der Waals surface area contributed by atoms with E-state index in [1.807, 2.05) is 31.2 Å². The first-order chi connectivity index (χ1) is 16.3. The van der Waals surface area contributed by atoms with Gasteiger partial charge in [-0.1, -0.05) is 38.1 Å². The SMILES string of the molecule is COc1cc(NC(=O)c2ccccc2)c(OC)cc1NC(=O)COc1ccc(C(C)C)c(C)c1. The smallest absolute Gasteiger partial charge is 0.262 e. The molecule has 2 amide bonds. The highest BCUT2D eigenvalue weighted by atomic mass is 16.5. The lowest BCUT2D eigenvalue weighted by Gasteiger charge is -2.16. The number of nitrogens with one attached hydrogen (secondary N) is 2. The second-order valence-electron chi connectivity index (χ2n) is 8.08. The monoisotopic (exact) mass is 462 g/mol. The Morgan fingerprint density at radius 2 is 1.47 bits per heavy atom. The highest BCUT2D eigenvalue weighted by Gasteiger charge is 2.16. The molecule has 2 N–H and O–H groups in total. The molecule has 0 fully saturated rings. The van der Waals surface area contributed by atoms with Gasteiger partial charge in [0.25, 0.3) is 11.8 Å². The van der Waals surface area contributed by atoms with Gasteiger partial charge in [-0.05, 0) is 48.2 Å². The minimum Gasteiger partial charge on any atom is -0.494 e. The lowest BCUT2D eigenvalue weighted by molar-refractivity contribution is -0.118. The molecule has 0 saturated heterocycles. The van der Waals surface area contributed by atoms with Crippen molar-refractivity contribution < 1.29 is 23.8 Å². The van der Waals surface area contributed by atoms with Crippen molar-refractivity contribution in [3.63, 3.8) is 0 Å². The van der Waals surface area contributed by atoms with E-state index in [1.165, 1.54) is 19.8 Å². The van der Waals surface area contributed by atoms with Crippen molar-refractivity contribution in [3.05, 3.63) is 77.4 Å². The molecule has 0 unspecified atom stereocenters. The van der Waals surface area contributed by atoms with E-state index in [-0.39, 0.29) is 18.4 Å². The minimum absolute atomic E-state index is 0.168. The predicted octanol–water partition coefficient (Wildman–Crippen LogP) is 5.41. The largest absolute Gasteiger partial charge is 0.494 e. The maximum Gasteiger partial charge on any atom is 0.262 e. The van der Waals surface area contributed by atoms with Crippen LogP contribution < -0.4 is 24.8 Å². The van der Waals surface area contributed by atoms with Crippen LogP contribution in [-0.4, -0.2) is 32.6 Å². The summed E-state index contributed by atoms with van der Waals surface area (Å²) in [7, 11) is 2.97. The van der Waals surface area contributed by atoms with Gasteiger partial charge in [0.15, 0.2) is 6.61 Å². The van der Waals surface area contributed by atoms with Crippen LogP contribution in [-0.2, 0) is 4.79 Å². The van der Waals surface area contributed by atoms with Gasteiger partial charge >= 0.3 is 0 Å². The van der Waals surface area contributed by atoms with Crippen LogP contribution in [0.25, 0.3) is 0 Å². The second kappa shape index (κ2) is 11.2. The molecule has 3 aromatic carbocycles. The maximum absolute atomic E-state index is 12.6. The average Bonchev–Trinajstić information content (AvgIpc) is 2.83. The van der Waals surface area contributed by atoms with E-state index in [0.717, 1.165) is 5.56 Å². The number of methoxy groups -OCH3 is 2. The summed E-state index contributed by atoms with van der Waals surface area (Å²) in [6.07, 6.45) is 0. The van der Waals surface area contributed by atoms with Crippen LogP contribution in [0, 0.1) is 6.92 Å². The topological polar surface area (TPSA) is 85.9 Å². The fourth-order valence-corrected chi connectivity index (χ4v) is 3.60. The van der Waals surface area contributed by atoms with Crippen molar-refractivity contribution in [1.82, 2.24) is 0 Å². The van der Waals surface area contributed by atoms with Crippen LogP contribution in [0.5, 0.6) is 17.2 Å². The molecule has 0 bridgehead atoms. The molecule has 0 aliphatic rings. The number of rotatable bonds is 9. The van der Waals surface area contributed by atoms with E-state index in [1.54, 1.807) is 36.4 Å². The van der Waals surface area contributed by atoms with Crippen molar-refractivity contribution in [2.24, 2.45) is 0 Å². The number of benzene rings is 3. The van der Waals surface area contributed by atoms with Gasteiger partial charge in [-0.25, -0.2) is 0 Å². The lowest BCUT2D eigenvalue weighted by Crippen LogP contribution is -2.21. The number of hydrogen-bond donors (Lipinski definition) is 2. The van der Waals surface area contributed by atoms with Crippen LogP contribution in [0.3, 0.4) is 0 Å². The third-order valence-corrected chi connectivity index (χ3v) is 5.31. The first kappa shape index (κ1) is 24.6. The molecule has 0 spiro atoms. The summed E-state index contributed by atoms with van der Waals surface area (Å²) in [5.41, 5.74) is 3.69. The van der Waals surface area contributed by atoms with E-state index in [2.05, 4.69) is 24.5 Å². The molecule has 3 aromatic rings. The first-order valence-corrected chi connectivity index (χ1v) is 11.0. The Morgan fingerprint density at radius 1 is 0.853 bits per heavy atom. The number of carbonyl (C=O) groups is 2. The van der Waals surface area contributed by atoms with Crippen molar-refractivity contribution in [1.29, 1.82) is 0 Å².